The molecule has 2 aromatic rings. The van der Waals surface area contributed by atoms with E-state index >= 15 is 0 Å². The van der Waals surface area contributed by atoms with Crippen LogP contribution in [-0.2, 0) is 6.42 Å². The van der Waals surface area contributed by atoms with Crippen LogP contribution in [0.15, 0.2) is 42.6 Å². The summed E-state index contributed by atoms with van der Waals surface area (Å²) in [5.74, 6) is -0.233. The van der Waals surface area contributed by atoms with Crippen LogP contribution in [-0.4, -0.2) is 11.6 Å². The van der Waals surface area contributed by atoms with Gasteiger partial charge in [-0.15, -0.1) is 0 Å². The van der Waals surface area contributed by atoms with Crippen LogP contribution >= 0.6 is 11.6 Å². The molecule has 0 spiro atoms. The third-order valence-electron chi connectivity index (χ3n) is 2.24. The van der Waals surface area contributed by atoms with Gasteiger partial charge in [-0.3, -0.25) is 4.98 Å². The van der Waals surface area contributed by atoms with E-state index in [4.69, 9.17) is 16.3 Å². The molecule has 0 radical (unpaired) electrons. The zero-order valence-electron chi connectivity index (χ0n) is 9.07. The topological polar surface area (TPSA) is 22.1 Å². The minimum atomic E-state index is -0.446. The van der Waals surface area contributed by atoms with Gasteiger partial charge in [0.15, 0.2) is 11.6 Å². The number of rotatable bonds is 4. The Bertz CT molecular complexity index is 490. The molecule has 0 bridgehead atoms. The van der Waals surface area contributed by atoms with E-state index in [1.165, 1.54) is 12.1 Å². The molecular formula is C13H11ClFNO. The average molecular weight is 252 g/mol. The normalized spacial score (nSPS) is 10.2. The van der Waals surface area contributed by atoms with Crippen molar-refractivity contribution in [1.82, 2.24) is 4.98 Å². The van der Waals surface area contributed by atoms with Crippen molar-refractivity contribution in [2.45, 2.75) is 6.42 Å². The van der Waals surface area contributed by atoms with Gasteiger partial charge in [0.1, 0.15) is 0 Å². The Labute approximate surface area is 104 Å². The molecule has 0 fully saturated rings. The highest BCUT2D eigenvalue weighted by atomic mass is 35.5. The molecule has 0 aliphatic carbocycles. The standard InChI is InChI=1S/C13H11ClFNO/c14-10-4-5-13(12(15)9-10)17-8-6-11-3-1-2-7-16-11/h1-5,7,9H,6,8H2. The largest absolute Gasteiger partial charge is 0.490 e. The highest BCUT2D eigenvalue weighted by Crippen LogP contribution is 2.21. The van der Waals surface area contributed by atoms with E-state index in [1.807, 2.05) is 18.2 Å². The zero-order chi connectivity index (χ0) is 12.1. The maximum absolute atomic E-state index is 13.4. The molecule has 1 aromatic carbocycles. The van der Waals surface area contributed by atoms with Gasteiger partial charge in [0.25, 0.3) is 0 Å². The summed E-state index contributed by atoms with van der Waals surface area (Å²) < 4.78 is 18.7. The molecule has 2 rings (SSSR count). The van der Waals surface area contributed by atoms with Crippen LogP contribution in [0.25, 0.3) is 0 Å². The van der Waals surface area contributed by atoms with E-state index in [0.717, 1.165) is 5.69 Å². The maximum atomic E-state index is 13.4. The Morgan fingerprint density at radius 2 is 2.12 bits per heavy atom. The van der Waals surface area contributed by atoms with Crippen molar-refractivity contribution >= 4 is 11.6 Å². The first-order chi connectivity index (χ1) is 8.25. The number of ether oxygens (including phenoxy) is 1. The molecule has 17 heavy (non-hydrogen) atoms. The van der Waals surface area contributed by atoms with E-state index in [1.54, 1.807) is 12.3 Å². The van der Waals surface area contributed by atoms with Crippen molar-refractivity contribution in [3.63, 3.8) is 0 Å². The fraction of sp³-hybridized carbons (Fsp3) is 0.154. The van der Waals surface area contributed by atoms with Gasteiger partial charge in [-0.05, 0) is 30.3 Å². The number of benzene rings is 1. The molecule has 0 aliphatic rings. The summed E-state index contributed by atoms with van der Waals surface area (Å²) in [6, 6.07) is 10.0. The van der Waals surface area contributed by atoms with Crippen LogP contribution < -0.4 is 4.74 Å². The quantitative estimate of drug-likeness (QED) is 0.830. The van der Waals surface area contributed by atoms with Crippen LogP contribution in [0.4, 0.5) is 4.39 Å². The monoisotopic (exact) mass is 251 g/mol. The molecule has 0 saturated heterocycles. The molecule has 0 aliphatic heterocycles. The SMILES string of the molecule is Fc1cc(Cl)ccc1OCCc1ccccn1. The van der Waals surface area contributed by atoms with Gasteiger partial charge in [0.05, 0.1) is 6.61 Å². The number of halogens is 2. The molecule has 2 nitrogen and oxygen atoms in total. The van der Waals surface area contributed by atoms with Gasteiger partial charge < -0.3 is 4.74 Å². The smallest absolute Gasteiger partial charge is 0.166 e. The van der Waals surface area contributed by atoms with Crippen molar-refractivity contribution in [3.8, 4) is 5.75 Å². The first kappa shape index (κ1) is 11.9. The lowest BCUT2D eigenvalue weighted by atomic mass is 10.3. The second kappa shape index (κ2) is 5.64. The highest BCUT2D eigenvalue weighted by molar-refractivity contribution is 6.30. The van der Waals surface area contributed by atoms with Crippen LogP contribution in [0, 0.1) is 5.82 Å². The van der Waals surface area contributed by atoms with Crippen LogP contribution in [0.1, 0.15) is 5.69 Å². The van der Waals surface area contributed by atoms with Gasteiger partial charge in [-0.2, -0.15) is 0 Å². The number of hydrogen-bond acceptors (Lipinski definition) is 2. The molecule has 0 N–H and O–H groups in total. The predicted octanol–water partition coefficient (Wildman–Crippen LogP) is 3.50. The fourth-order valence-corrected chi connectivity index (χ4v) is 1.56. The highest BCUT2D eigenvalue weighted by Gasteiger charge is 2.03. The van der Waals surface area contributed by atoms with Crippen LogP contribution in [0.2, 0.25) is 5.02 Å². The molecule has 1 heterocycles. The second-order valence-electron chi connectivity index (χ2n) is 3.49. The Balaban J connectivity index is 1.90. The lowest BCUT2D eigenvalue weighted by Gasteiger charge is -2.06. The van der Waals surface area contributed by atoms with Gasteiger partial charge >= 0.3 is 0 Å². The van der Waals surface area contributed by atoms with E-state index in [0.29, 0.717) is 18.1 Å². The summed E-state index contributed by atoms with van der Waals surface area (Å²) in [5, 5.41) is 0.361. The zero-order valence-corrected chi connectivity index (χ0v) is 9.82. The first-order valence-corrected chi connectivity index (χ1v) is 5.61. The van der Waals surface area contributed by atoms with Gasteiger partial charge in [-0.25, -0.2) is 4.39 Å². The first-order valence-electron chi connectivity index (χ1n) is 5.23. The summed E-state index contributed by atoms with van der Waals surface area (Å²) in [6.45, 7) is 0.384. The molecule has 4 heteroatoms. The predicted molar refractivity (Wildman–Crippen MR) is 64.8 cm³/mol. The van der Waals surface area contributed by atoms with E-state index in [-0.39, 0.29) is 5.75 Å². The lowest BCUT2D eigenvalue weighted by molar-refractivity contribution is 0.304. The van der Waals surface area contributed by atoms with Crippen molar-refractivity contribution in [2.24, 2.45) is 0 Å². The van der Waals surface area contributed by atoms with E-state index in [9.17, 15) is 4.39 Å². The van der Waals surface area contributed by atoms with Crippen molar-refractivity contribution in [2.75, 3.05) is 6.61 Å². The maximum Gasteiger partial charge on any atom is 0.166 e. The second-order valence-corrected chi connectivity index (χ2v) is 3.93. The van der Waals surface area contributed by atoms with Crippen molar-refractivity contribution < 1.29 is 9.13 Å². The summed E-state index contributed by atoms with van der Waals surface area (Å²) in [7, 11) is 0. The third-order valence-corrected chi connectivity index (χ3v) is 2.47. The number of nitrogens with zero attached hydrogens (tertiary/aromatic N) is 1. The molecule has 0 amide bonds. The van der Waals surface area contributed by atoms with E-state index < -0.39 is 5.82 Å². The summed E-state index contributed by atoms with van der Waals surface area (Å²) in [4.78, 5) is 4.15. The molecule has 88 valence electrons. The summed E-state index contributed by atoms with van der Waals surface area (Å²) >= 11 is 5.64. The fourth-order valence-electron chi connectivity index (χ4n) is 1.40. The minimum Gasteiger partial charge on any atom is -0.490 e. The molecule has 1 aromatic heterocycles. The Hall–Kier alpha value is -1.61. The molecule has 0 saturated carbocycles. The third kappa shape index (κ3) is 3.43. The van der Waals surface area contributed by atoms with Crippen LogP contribution in [0.5, 0.6) is 5.75 Å². The molecule has 0 atom stereocenters. The van der Waals surface area contributed by atoms with Gasteiger partial charge in [0, 0.05) is 23.3 Å². The number of aromatic nitrogens is 1. The summed E-state index contributed by atoms with van der Waals surface area (Å²) in [6.07, 6.45) is 2.36. The summed E-state index contributed by atoms with van der Waals surface area (Å²) in [5.41, 5.74) is 0.918. The van der Waals surface area contributed by atoms with Gasteiger partial charge in [-0.1, -0.05) is 17.7 Å². The molecule has 0 unspecified atom stereocenters. The molecular weight excluding hydrogens is 241 g/mol. The minimum absolute atomic E-state index is 0.213. The lowest BCUT2D eigenvalue weighted by Crippen LogP contribution is -2.03. The Kier molecular flexibility index (Phi) is 3.94. The Morgan fingerprint density at radius 1 is 1.24 bits per heavy atom. The number of hydrogen-bond donors (Lipinski definition) is 0. The van der Waals surface area contributed by atoms with Crippen molar-refractivity contribution in [1.29, 1.82) is 0 Å². The number of pyridine rings is 1. The Morgan fingerprint density at radius 3 is 2.82 bits per heavy atom. The van der Waals surface area contributed by atoms with Crippen LogP contribution in [0.3, 0.4) is 0 Å². The van der Waals surface area contributed by atoms with E-state index in [2.05, 4.69) is 4.98 Å². The van der Waals surface area contributed by atoms with Gasteiger partial charge in [0.2, 0.25) is 0 Å². The average Bonchev–Trinajstić information content (AvgIpc) is 2.33. The van der Waals surface area contributed by atoms with Crippen molar-refractivity contribution in [3.05, 3.63) is 59.1 Å².